The Hall–Kier alpha value is -2.83. The van der Waals surface area contributed by atoms with Gasteiger partial charge in [-0.05, 0) is 24.5 Å². The van der Waals surface area contributed by atoms with Crippen molar-refractivity contribution >= 4 is 28.7 Å². The molecule has 33 heavy (non-hydrogen) atoms. The van der Waals surface area contributed by atoms with Crippen molar-refractivity contribution in [1.29, 1.82) is 0 Å². The first-order valence-corrected chi connectivity index (χ1v) is 12.3. The number of hydrogen-bond acceptors (Lipinski definition) is 3. The molecule has 2 aromatic rings. The average molecular weight is 458 g/mol. The number of carbonyl (C=O) groups excluding carboxylic acids is 2. The van der Waals surface area contributed by atoms with Gasteiger partial charge >= 0.3 is 5.97 Å². The zero-order valence-corrected chi connectivity index (χ0v) is 20.0. The number of benzene rings is 1. The zero-order chi connectivity index (χ0) is 24.1. The fourth-order valence-electron chi connectivity index (χ4n) is 4.06. The summed E-state index contributed by atoms with van der Waals surface area (Å²) in [6.45, 7) is 4.06. The SMILES string of the molecule is CCCCCCCCCC(=O)NC(Cc1c[nH]c2ccccc12)C(=O)NC(CCC)C(=O)O. The summed E-state index contributed by atoms with van der Waals surface area (Å²) >= 11 is 0. The first-order valence-electron chi connectivity index (χ1n) is 12.3. The van der Waals surface area contributed by atoms with E-state index in [0.29, 0.717) is 19.3 Å². The van der Waals surface area contributed by atoms with Crippen molar-refractivity contribution < 1.29 is 19.5 Å². The van der Waals surface area contributed by atoms with Gasteiger partial charge in [0.2, 0.25) is 11.8 Å². The molecule has 2 atom stereocenters. The van der Waals surface area contributed by atoms with Gasteiger partial charge in [-0.2, -0.15) is 0 Å². The number of unbranched alkanes of at least 4 members (excludes halogenated alkanes) is 6. The van der Waals surface area contributed by atoms with Crippen LogP contribution < -0.4 is 10.6 Å². The molecule has 7 heteroatoms. The van der Waals surface area contributed by atoms with Gasteiger partial charge in [0.05, 0.1) is 0 Å². The van der Waals surface area contributed by atoms with Crippen molar-refractivity contribution in [3.8, 4) is 0 Å². The minimum atomic E-state index is -1.06. The highest BCUT2D eigenvalue weighted by Gasteiger charge is 2.27. The molecule has 0 fully saturated rings. The highest BCUT2D eigenvalue weighted by Crippen LogP contribution is 2.19. The van der Waals surface area contributed by atoms with Crippen molar-refractivity contribution in [2.24, 2.45) is 0 Å². The molecule has 0 bridgehead atoms. The van der Waals surface area contributed by atoms with Crippen molar-refractivity contribution in [2.75, 3.05) is 0 Å². The predicted molar refractivity (Wildman–Crippen MR) is 131 cm³/mol. The Kier molecular flexibility index (Phi) is 11.5. The molecule has 1 aromatic carbocycles. The second-order valence-corrected chi connectivity index (χ2v) is 8.74. The van der Waals surface area contributed by atoms with Crippen molar-refractivity contribution in [1.82, 2.24) is 15.6 Å². The molecule has 2 amide bonds. The van der Waals surface area contributed by atoms with E-state index in [0.717, 1.165) is 35.7 Å². The molecule has 0 saturated carbocycles. The molecule has 0 aliphatic carbocycles. The third-order valence-corrected chi connectivity index (χ3v) is 5.95. The smallest absolute Gasteiger partial charge is 0.326 e. The molecule has 1 heterocycles. The highest BCUT2D eigenvalue weighted by molar-refractivity contribution is 5.91. The summed E-state index contributed by atoms with van der Waals surface area (Å²) in [6.07, 6.45) is 11.2. The number of hydrogen-bond donors (Lipinski definition) is 4. The Morgan fingerprint density at radius 2 is 1.61 bits per heavy atom. The van der Waals surface area contributed by atoms with E-state index in [-0.39, 0.29) is 12.3 Å². The normalized spacial score (nSPS) is 12.9. The number of fused-ring (bicyclic) bond motifs is 1. The van der Waals surface area contributed by atoms with Crippen molar-refractivity contribution in [3.63, 3.8) is 0 Å². The number of H-pyrrole nitrogens is 1. The fraction of sp³-hybridized carbons (Fsp3) is 0.577. The quantitative estimate of drug-likeness (QED) is 0.274. The zero-order valence-electron chi connectivity index (χ0n) is 20.0. The number of amides is 2. The standard InChI is InChI=1S/C26H39N3O4/c1-3-5-6-7-8-9-10-16-24(30)28-23(25(31)29-22(13-4-2)26(32)33)17-19-18-27-21-15-12-11-14-20(19)21/h11-12,14-15,18,22-23,27H,3-10,13,16-17H2,1-2H3,(H,28,30)(H,29,31)(H,32,33). The van der Waals surface area contributed by atoms with Crippen LogP contribution in [0.4, 0.5) is 0 Å². The number of aromatic amines is 1. The largest absolute Gasteiger partial charge is 0.480 e. The van der Waals surface area contributed by atoms with E-state index >= 15 is 0 Å². The second-order valence-electron chi connectivity index (χ2n) is 8.74. The van der Waals surface area contributed by atoms with Crippen LogP contribution in [0.1, 0.15) is 83.6 Å². The van der Waals surface area contributed by atoms with Crippen LogP contribution in [0.25, 0.3) is 10.9 Å². The lowest BCUT2D eigenvalue weighted by atomic mass is 10.0. The molecule has 4 N–H and O–H groups in total. The van der Waals surface area contributed by atoms with Crippen LogP contribution in [0, 0.1) is 0 Å². The summed E-state index contributed by atoms with van der Waals surface area (Å²) < 4.78 is 0. The monoisotopic (exact) mass is 457 g/mol. The van der Waals surface area contributed by atoms with Crippen LogP contribution in [-0.2, 0) is 20.8 Å². The minimum Gasteiger partial charge on any atom is -0.480 e. The van der Waals surface area contributed by atoms with Crippen molar-refractivity contribution in [2.45, 2.75) is 96.6 Å². The maximum absolute atomic E-state index is 13.0. The van der Waals surface area contributed by atoms with E-state index in [1.165, 1.54) is 25.7 Å². The summed E-state index contributed by atoms with van der Waals surface area (Å²) in [5.74, 6) is -1.70. The molecule has 0 aliphatic rings. The lowest BCUT2D eigenvalue weighted by Gasteiger charge is -2.21. The van der Waals surface area contributed by atoms with E-state index in [9.17, 15) is 19.5 Å². The molecule has 182 valence electrons. The number of nitrogens with one attached hydrogen (secondary N) is 3. The fourth-order valence-corrected chi connectivity index (χ4v) is 4.06. The van der Waals surface area contributed by atoms with Crippen LogP contribution >= 0.6 is 0 Å². The number of carboxylic acids is 1. The summed E-state index contributed by atoms with van der Waals surface area (Å²) in [6, 6.07) is 5.98. The van der Waals surface area contributed by atoms with Gasteiger partial charge in [-0.15, -0.1) is 0 Å². The lowest BCUT2D eigenvalue weighted by molar-refractivity contribution is -0.142. The maximum Gasteiger partial charge on any atom is 0.326 e. The van der Waals surface area contributed by atoms with E-state index in [2.05, 4.69) is 22.5 Å². The number of carboxylic acid groups (broad SMARTS) is 1. The lowest BCUT2D eigenvalue weighted by Crippen LogP contribution is -2.52. The van der Waals surface area contributed by atoms with Gasteiger partial charge in [-0.1, -0.05) is 77.0 Å². The summed E-state index contributed by atoms with van der Waals surface area (Å²) in [5, 5.41) is 15.9. The van der Waals surface area contributed by atoms with Gasteiger partial charge in [-0.3, -0.25) is 9.59 Å². The van der Waals surface area contributed by atoms with Gasteiger partial charge in [0.25, 0.3) is 0 Å². The Bertz CT molecular complexity index is 893. The Labute approximate surface area is 196 Å². The van der Waals surface area contributed by atoms with Gasteiger partial charge in [0.1, 0.15) is 12.1 Å². The molecule has 0 aliphatic heterocycles. The number of aliphatic carboxylic acids is 1. The van der Waals surface area contributed by atoms with E-state index in [1.54, 1.807) is 0 Å². The van der Waals surface area contributed by atoms with E-state index < -0.39 is 24.0 Å². The molecule has 2 rings (SSSR count). The Morgan fingerprint density at radius 1 is 0.909 bits per heavy atom. The third-order valence-electron chi connectivity index (χ3n) is 5.95. The molecular weight excluding hydrogens is 418 g/mol. The van der Waals surface area contributed by atoms with Crippen LogP contribution in [-0.4, -0.2) is 40.0 Å². The van der Waals surface area contributed by atoms with Crippen LogP contribution in [0.5, 0.6) is 0 Å². The van der Waals surface area contributed by atoms with E-state index in [4.69, 9.17) is 0 Å². The number of para-hydroxylation sites is 1. The van der Waals surface area contributed by atoms with Crippen LogP contribution in [0.3, 0.4) is 0 Å². The van der Waals surface area contributed by atoms with Crippen LogP contribution in [0.2, 0.25) is 0 Å². The number of carbonyl (C=O) groups is 3. The van der Waals surface area contributed by atoms with Crippen molar-refractivity contribution in [3.05, 3.63) is 36.0 Å². The molecule has 0 radical (unpaired) electrons. The number of aromatic nitrogens is 1. The molecule has 2 unspecified atom stereocenters. The molecule has 0 saturated heterocycles. The number of rotatable bonds is 16. The highest BCUT2D eigenvalue weighted by atomic mass is 16.4. The summed E-state index contributed by atoms with van der Waals surface area (Å²) in [4.78, 5) is 40.3. The van der Waals surface area contributed by atoms with Gasteiger partial charge in [0.15, 0.2) is 0 Å². The second kappa shape index (κ2) is 14.3. The molecule has 1 aromatic heterocycles. The van der Waals surface area contributed by atoms with Crippen LogP contribution in [0.15, 0.2) is 30.5 Å². The molecule has 0 spiro atoms. The molecule has 7 nitrogen and oxygen atoms in total. The third kappa shape index (κ3) is 8.91. The maximum atomic E-state index is 13.0. The minimum absolute atomic E-state index is 0.175. The summed E-state index contributed by atoms with van der Waals surface area (Å²) in [7, 11) is 0. The van der Waals surface area contributed by atoms with Gasteiger partial charge in [0, 0.05) is 29.9 Å². The molecular formula is C26H39N3O4. The average Bonchev–Trinajstić information content (AvgIpc) is 3.20. The topological polar surface area (TPSA) is 111 Å². The Morgan fingerprint density at radius 3 is 2.30 bits per heavy atom. The first kappa shape index (κ1) is 26.4. The van der Waals surface area contributed by atoms with E-state index in [1.807, 2.05) is 37.4 Å². The van der Waals surface area contributed by atoms with Gasteiger partial charge < -0.3 is 20.7 Å². The van der Waals surface area contributed by atoms with Gasteiger partial charge in [-0.25, -0.2) is 4.79 Å². The Balaban J connectivity index is 2.01. The predicted octanol–water partition coefficient (Wildman–Crippen LogP) is 4.71. The summed E-state index contributed by atoms with van der Waals surface area (Å²) in [5.41, 5.74) is 1.86. The first-order chi connectivity index (χ1) is 16.0.